The quantitative estimate of drug-likeness (QED) is 0.777. The van der Waals surface area contributed by atoms with E-state index < -0.39 is 0 Å². The van der Waals surface area contributed by atoms with E-state index in [0.717, 1.165) is 10.9 Å². The fourth-order valence-corrected chi connectivity index (χ4v) is 2.87. The first-order chi connectivity index (χ1) is 9.24. The molecule has 0 aliphatic carbocycles. The average Bonchev–Trinajstić information content (AvgIpc) is 3.07. The number of hydrogen-bond acceptors (Lipinski definition) is 2. The largest absolute Gasteiger partial charge is 0.361 e. The zero-order valence-corrected chi connectivity index (χ0v) is 11.4. The third-order valence-electron chi connectivity index (χ3n) is 3.12. The Morgan fingerprint density at radius 3 is 3.00 bits per heavy atom. The van der Waals surface area contributed by atoms with Crippen LogP contribution in [0.4, 0.5) is 0 Å². The number of hydrogen-bond donors (Lipinski definition) is 1. The number of thiophene rings is 1. The number of rotatable bonds is 3. The Morgan fingerprint density at radius 2 is 2.21 bits per heavy atom. The second-order valence-corrected chi connectivity index (χ2v) is 5.55. The summed E-state index contributed by atoms with van der Waals surface area (Å²) in [7, 11) is 1.83. The summed E-state index contributed by atoms with van der Waals surface area (Å²) in [4.78, 5) is 18.4. The van der Waals surface area contributed by atoms with Crippen molar-refractivity contribution in [2.75, 3.05) is 7.05 Å². The van der Waals surface area contributed by atoms with Crippen LogP contribution in [0.1, 0.15) is 15.2 Å². The molecule has 0 radical (unpaired) electrons. The molecule has 19 heavy (non-hydrogen) atoms. The van der Waals surface area contributed by atoms with Gasteiger partial charge in [0.1, 0.15) is 0 Å². The highest BCUT2D eigenvalue weighted by Gasteiger charge is 2.13. The molecule has 3 aromatic rings. The lowest BCUT2D eigenvalue weighted by Gasteiger charge is -2.16. The average molecular weight is 270 g/mol. The molecule has 3 nitrogen and oxygen atoms in total. The van der Waals surface area contributed by atoms with Gasteiger partial charge in [-0.2, -0.15) is 0 Å². The van der Waals surface area contributed by atoms with Crippen molar-refractivity contribution in [2.45, 2.75) is 6.54 Å². The van der Waals surface area contributed by atoms with Crippen molar-refractivity contribution >= 4 is 28.1 Å². The fourth-order valence-electron chi connectivity index (χ4n) is 2.11. The van der Waals surface area contributed by atoms with Crippen molar-refractivity contribution in [3.63, 3.8) is 0 Å². The molecule has 0 fully saturated rings. The van der Waals surface area contributed by atoms with Gasteiger partial charge in [0.2, 0.25) is 0 Å². The summed E-state index contributed by atoms with van der Waals surface area (Å²) in [6.45, 7) is 0.652. The zero-order chi connectivity index (χ0) is 13.2. The van der Waals surface area contributed by atoms with Crippen LogP contribution in [0.2, 0.25) is 0 Å². The van der Waals surface area contributed by atoms with Crippen LogP contribution >= 0.6 is 11.3 Å². The van der Waals surface area contributed by atoms with E-state index in [-0.39, 0.29) is 5.91 Å². The summed E-state index contributed by atoms with van der Waals surface area (Å²) in [5.74, 6) is 0.0462. The Kier molecular flexibility index (Phi) is 3.09. The molecule has 1 amide bonds. The van der Waals surface area contributed by atoms with Gasteiger partial charge < -0.3 is 9.88 Å². The number of fused-ring (bicyclic) bond motifs is 1. The number of nitrogens with zero attached hydrogens (tertiary/aromatic N) is 1. The molecule has 0 aliphatic heterocycles. The van der Waals surface area contributed by atoms with Gasteiger partial charge in [0.25, 0.3) is 5.91 Å². The maximum atomic E-state index is 12.4. The summed E-state index contributed by atoms with van der Waals surface area (Å²) < 4.78 is 0. The third kappa shape index (κ3) is 2.39. The monoisotopic (exact) mass is 270 g/mol. The molecule has 0 unspecified atom stereocenters. The van der Waals surface area contributed by atoms with Gasteiger partial charge in [-0.3, -0.25) is 4.79 Å². The van der Waals surface area contributed by atoms with Crippen LogP contribution in [0.3, 0.4) is 0 Å². The molecule has 0 saturated carbocycles. The van der Waals surface area contributed by atoms with Crippen LogP contribution in [0.25, 0.3) is 10.9 Å². The van der Waals surface area contributed by atoms with Gasteiger partial charge in [0.15, 0.2) is 0 Å². The van der Waals surface area contributed by atoms with E-state index in [4.69, 9.17) is 0 Å². The normalized spacial score (nSPS) is 10.8. The van der Waals surface area contributed by atoms with Crippen molar-refractivity contribution in [3.05, 3.63) is 58.4 Å². The molecule has 0 saturated heterocycles. The molecular weight excluding hydrogens is 256 g/mol. The number of aromatic nitrogens is 1. The van der Waals surface area contributed by atoms with Gasteiger partial charge in [-0.25, -0.2) is 0 Å². The minimum atomic E-state index is 0.0462. The van der Waals surface area contributed by atoms with Crippen molar-refractivity contribution < 1.29 is 4.79 Å². The highest BCUT2D eigenvalue weighted by Crippen LogP contribution is 2.17. The molecular formula is C15H14N2OS. The predicted molar refractivity (Wildman–Crippen MR) is 78.4 cm³/mol. The second-order valence-electron chi connectivity index (χ2n) is 4.52. The fraction of sp³-hybridized carbons (Fsp3) is 0.133. The van der Waals surface area contributed by atoms with E-state index in [9.17, 15) is 4.79 Å². The van der Waals surface area contributed by atoms with E-state index in [2.05, 4.69) is 4.98 Å². The first kappa shape index (κ1) is 12.0. The lowest BCUT2D eigenvalue weighted by Crippen LogP contribution is -2.25. The number of nitrogens with one attached hydrogen (secondary N) is 1. The topological polar surface area (TPSA) is 36.1 Å². The van der Waals surface area contributed by atoms with Crippen molar-refractivity contribution in [1.82, 2.24) is 9.88 Å². The lowest BCUT2D eigenvalue weighted by molar-refractivity contribution is 0.0786. The van der Waals surface area contributed by atoms with Gasteiger partial charge in [-0.15, -0.1) is 11.3 Å². The van der Waals surface area contributed by atoms with Gasteiger partial charge in [-0.05, 0) is 35.0 Å². The molecule has 96 valence electrons. The van der Waals surface area contributed by atoms with Crippen LogP contribution in [-0.4, -0.2) is 22.8 Å². The number of H-pyrrole nitrogens is 1. The summed E-state index contributed by atoms with van der Waals surface area (Å²) in [6, 6.07) is 11.8. The molecule has 1 aromatic carbocycles. The number of carbonyl (C=O) groups is 1. The van der Waals surface area contributed by atoms with E-state index in [0.29, 0.717) is 12.1 Å². The molecule has 2 aromatic heterocycles. The SMILES string of the molecule is CN(Cc1cccs1)C(=O)c1ccc2cc[nH]c2c1. The van der Waals surface area contributed by atoms with Crippen LogP contribution in [0, 0.1) is 0 Å². The number of aromatic amines is 1. The van der Waals surface area contributed by atoms with Crippen LogP contribution < -0.4 is 0 Å². The Labute approximate surface area is 115 Å². The summed E-state index contributed by atoms with van der Waals surface area (Å²) in [6.07, 6.45) is 1.88. The molecule has 4 heteroatoms. The Balaban J connectivity index is 1.82. The maximum absolute atomic E-state index is 12.4. The minimum Gasteiger partial charge on any atom is -0.361 e. The number of benzene rings is 1. The molecule has 0 spiro atoms. The van der Waals surface area contributed by atoms with E-state index in [1.807, 2.05) is 55.0 Å². The van der Waals surface area contributed by atoms with Gasteiger partial charge in [0.05, 0.1) is 6.54 Å². The third-order valence-corrected chi connectivity index (χ3v) is 3.98. The molecule has 3 rings (SSSR count). The maximum Gasteiger partial charge on any atom is 0.253 e. The Morgan fingerprint density at radius 1 is 1.32 bits per heavy atom. The highest BCUT2D eigenvalue weighted by atomic mass is 32.1. The molecule has 1 N–H and O–H groups in total. The van der Waals surface area contributed by atoms with Gasteiger partial charge in [0, 0.05) is 29.2 Å². The van der Waals surface area contributed by atoms with Gasteiger partial charge in [-0.1, -0.05) is 12.1 Å². The first-order valence-corrected chi connectivity index (χ1v) is 6.97. The minimum absolute atomic E-state index is 0.0462. The molecule has 0 bridgehead atoms. The zero-order valence-electron chi connectivity index (χ0n) is 10.6. The first-order valence-electron chi connectivity index (χ1n) is 6.09. The Hall–Kier alpha value is -2.07. The Bertz CT molecular complexity index is 700. The van der Waals surface area contributed by atoms with E-state index in [1.165, 1.54) is 4.88 Å². The molecule has 0 aliphatic rings. The molecule has 2 heterocycles. The highest BCUT2D eigenvalue weighted by molar-refractivity contribution is 7.09. The predicted octanol–water partition coefficient (Wildman–Crippen LogP) is 3.50. The second kappa shape index (κ2) is 4.90. The van der Waals surface area contributed by atoms with Crippen LogP contribution in [0.5, 0.6) is 0 Å². The number of amides is 1. The summed E-state index contributed by atoms with van der Waals surface area (Å²) in [5, 5.41) is 3.15. The van der Waals surface area contributed by atoms with Crippen molar-refractivity contribution in [1.29, 1.82) is 0 Å². The molecule has 0 atom stereocenters. The summed E-state index contributed by atoms with van der Waals surface area (Å²) >= 11 is 1.67. The number of carbonyl (C=O) groups excluding carboxylic acids is 1. The van der Waals surface area contributed by atoms with Crippen LogP contribution in [-0.2, 0) is 6.54 Å². The van der Waals surface area contributed by atoms with Crippen molar-refractivity contribution in [3.8, 4) is 0 Å². The smallest absolute Gasteiger partial charge is 0.253 e. The lowest BCUT2D eigenvalue weighted by atomic mass is 10.1. The van der Waals surface area contributed by atoms with Crippen LogP contribution in [0.15, 0.2) is 48.0 Å². The standard InChI is InChI=1S/C15H14N2OS/c1-17(10-13-3-2-8-19-13)15(18)12-5-4-11-6-7-16-14(11)9-12/h2-9,16H,10H2,1H3. The van der Waals surface area contributed by atoms with E-state index in [1.54, 1.807) is 16.2 Å². The van der Waals surface area contributed by atoms with Gasteiger partial charge >= 0.3 is 0 Å². The van der Waals surface area contributed by atoms with Crippen molar-refractivity contribution in [2.24, 2.45) is 0 Å². The summed E-state index contributed by atoms with van der Waals surface area (Å²) in [5.41, 5.74) is 1.71. The van der Waals surface area contributed by atoms with E-state index >= 15 is 0 Å².